The van der Waals surface area contributed by atoms with E-state index >= 15 is 0 Å². The number of thiophene rings is 1. The van der Waals surface area contributed by atoms with Crippen LogP contribution in [0.15, 0.2) is 47.8 Å². The lowest BCUT2D eigenvalue weighted by Gasteiger charge is -2.37. The van der Waals surface area contributed by atoms with Crippen LogP contribution in [0.5, 0.6) is 5.75 Å². The number of anilines is 1. The molecule has 28 heavy (non-hydrogen) atoms. The monoisotopic (exact) mass is 416 g/mol. The van der Waals surface area contributed by atoms with Gasteiger partial charge in [-0.2, -0.15) is 0 Å². The molecule has 144 valence electrons. The van der Waals surface area contributed by atoms with Gasteiger partial charge in [-0.3, -0.25) is 4.79 Å². The van der Waals surface area contributed by atoms with Crippen LogP contribution in [-0.2, 0) is 17.8 Å². The number of carbonyl (C=O) groups is 1. The van der Waals surface area contributed by atoms with Gasteiger partial charge in [0.15, 0.2) is 0 Å². The summed E-state index contributed by atoms with van der Waals surface area (Å²) in [4.78, 5) is 14.7. The molecule has 0 spiro atoms. The summed E-state index contributed by atoms with van der Waals surface area (Å²) in [6.45, 7) is 0.356. The molecule has 1 aliphatic heterocycles. The average Bonchev–Trinajstić information content (AvgIpc) is 3.05. The molecule has 7 heteroatoms. The van der Waals surface area contributed by atoms with Crippen molar-refractivity contribution in [2.75, 3.05) is 12.8 Å². The second kappa shape index (κ2) is 7.45. The summed E-state index contributed by atoms with van der Waals surface area (Å²) < 4.78 is 19.2. The van der Waals surface area contributed by atoms with E-state index in [1.165, 1.54) is 29.5 Å². The maximum atomic E-state index is 14.0. The molecule has 3 aromatic rings. The predicted octanol–water partition coefficient (Wildman–Crippen LogP) is 4.81. The third kappa shape index (κ3) is 3.34. The van der Waals surface area contributed by atoms with E-state index in [9.17, 15) is 9.18 Å². The maximum absolute atomic E-state index is 14.0. The normalized spacial score (nSPS) is 16.2. The molecule has 0 saturated carbocycles. The lowest BCUT2D eigenvalue weighted by atomic mass is 9.89. The number of nitrogens with two attached hydrogens (primary N) is 1. The standard InChI is InChI=1S/C21H18ClFN2O2S/c1-27-15-5-2-12(3-6-15)10-25-18(26)8-13-11-28-21(24)19(13)20(25)16-9-14(23)4-7-17(16)22/h2-7,9,11,20H,8,10,24H2,1H3. The number of hydrogen-bond donors (Lipinski definition) is 1. The van der Waals surface area contributed by atoms with Crippen LogP contribution in [0, 0.1) is 5.82 Å². The van der Waals surface area contributed by atoms with Gasteiger partial charge in [0.2, 0.25) is 5.91 Å². The minimum absolute atomic E-state index is 0.0496. The van der Waals surface area contributed by atoms with Crippen LogP contribution in [-0.4, -0.2) is 17.9 Å². The Kier molecular flexibility index (Phi) is 5.00. The quantitative estimate of drug-likeness (QED) is 0.664. The number of fused-ring (bicyclic) bond motifs is 1. The molecule has 0 aliphatic carbocycles. The number of rotatable bonds is 4. The van der Waals surface area contributed by atoms with Gasteiger partial charge >= 0.3 is 0 Å². The number of amides is 1. The highest BCUT2D eigenvalue weighted by molar-refractivity contribution is 7.14. The number of halogens is 2. The number of ether oxygens (including phenoxy) is 1. The van der Waals surface area contributed by atoms with Crippen LogP contribution in [0.1, 0.15) is 28.3 Å². The minimum Gasteiger partial charge on any atom is -0.497 e. The van der Waals surface area contributed by atoms with Gasteiger partial charge in [0, 0.05) is 22.7 Å². The highest BCUT2D eigenvalue weighted by Crippen LogP contribution is 2.44. The number of carbonyl (C=O) groups excluding carboxylic acids is 1. The Morgan fingerprint density at radius 1 is 1.29 bits per heavy atom. The van der Waals surface area contributed by atoms with Crippen molar-refractivity contribution >= 4 is 33.8 Å². The summed E-state index contributed by atoms with van der Waals surface area (Å²) in [7, 11) is 1.60. The van der Waals surface area contributed by atoms with Crippen molar-refractivity contribution in [3.63, 3.8) is 0 Å². The number of nitrogens with zero attached hydrogens (tertiary/aromatic N) is 1. The van der Waals surface area contributed by atoms with Gasteiger partial charge in [-0.25, -0.2) is 4.39 Å². The van der Waals surface area contributed by atoms with Gasteiger partial charge in [-0.15, -0.1) is 11.3 Å². The van der Waals surface area contributed by atoms with Gasteiger partial charge in [0.25, 0.3) is 0 Å². The van der Waals surface area contributed by atoms with Crippen molar-refractivity contribution in [2.24, 2.45) is 0 Å². The zero-order valence-corrected chi connectivity index (χ0v) is 16.7. The predicted molar refractivity (Wildman–Crippen MR) is 109 cm³/mol. The Hall–Kier alpha value is -2.57. The zero-order valence-electron chi connectivity index (χ0n) is 15.1. The first-order valence-corrected chi connectivity index (χ1v) is 9.96. The summed E-state index contributed by atoms with van der Waals surface area (Å²) in [5, 5.41) is 2.91. The molecule has 1 unspecified atom stereocenters. The molecule has 2 heterocycles. The zero-order chi connectivity index (χ0) is 19.8. The summed E-state index contributed by atoms with van der Waals surface area (Å²) in [6.07, 6.45) is 0.266. The van der Waals surface area contributed by atoms with E-state index in [4.69, 9.17) is 22.1 Å². The van der Waals surface area contributed by atoms with Crippen LogP contribution in [0.2, 0.25) is 5.02 Å². The van der Waals surface area contributed by atoms with Gasteiger partial charge < -0.3 is 15.4 Å². The highest BCUT2D eigenvalue weighted by Gasteiger charge is 2.37. The van der Waals surface area contributed by atoms with Crippen LogP contribution in [0.4, 0.5) is 9.39 Å². The Bertz CT molecular complexity index is 1040. The molecule has 4 nitrogen and oxygen atoms in total. The topological polar surface area (TPSA) is 55.6 Å². The number of hydrogen-bond acceptors (Lipinski definition) is 4. The maximum Gasteiger partial charge on any atom is 0.228 e. The lowest BCUT2D eigenvalue weighted by Crippen LogP contribution is -2.40. The molecule has 2 aromatic carbocycles. The van der Waals surface area contributed by atoms with Crippen LogP contribution in [0.25, 0.3) is 0 Å². The van der Waals surface area contributed by atoms with Crippen molar-refractivity contribution in [1.82, 2.24) is 4.90 Å². The summed E-state index contributed by atoms with van der Waals surface area (Å²) >= 11 is 7.80. The first-order chi connectivity index (χ1) is 13.5. The highest BCUT2D eigenvalue weighted by atomic mass is 35.5. The first-order valence-electron chi connectivity index (χ1n) is 8.71. The van der Waals surface area contributed by atoms with Crippen molar-refractivity contribution in [3.05, 3.63) is 80.9 Å². The Morgan fingerprint density at radius 3 is 2.75 bits per heavy atom. The molecule has 1 atom stereocenters. The molecule has 0 bridgehead atoms. The smallest absolute Gasteiger partial charge is 0.228 e. The van der Waals surface area contributed by atoms with E-state index in [2.05, 4.69) is 0 Å². The summed E-state index contributed by atoms with van der Waals surface area (Å²) in [5.74, 6) is 0.284. The van der Waals surface area contributed by atoms with Crippen molar-refractivity contribution in [2.45, 2.75) is 19.0 Å². The van der Waals surface area contributed by atoms with Gasteiger partial charge in [-0.1, -0.05) is 23.7 Å². The lowest BCUT2D eigenvalue weighted by molar-refractivity contribution is -0.133. The minimum atomic E-state index is -0.534. The second-order valence-electron chi connectivity index (χ2n) is 6.65. The van der Waals surface area contributed by atoms with Crippen LogP contribution >= 0.6 is 22.9 Å². The van der Waals surface area contributed by atoms with E-state index in [0.29, 0.717) is 22.1 Å². The van der Waals surface area contributed by atoms with Gasteiger partial charge in [0.05, 0.1) is 24.6 Å². The fourth-order valence-corrected chi connectivity index (χ4v) is 4.66. The molecule has 0 saturated heterocycles. The Morgan fingerprint density at radius 2 is 2.04 bits per heavy atom. The average molecular weight is 417 g/mol. The van der Waals surface area contributed by atoms with Gasteiger partial charge in [-0.05, 0) is 46.8 Å². The molecule has 2 N–H and O–H groups in total. The largest absolute Gasteiger partial charge is 0.497 e. The molecule has 1 aromatic heterocycles. The first kappa shape index (κ1) is 18.8. The van der Waals surface area contributed by atoms with Crippen molar-refractivity contribution in [3.8, 4) is 5.75 Å². The third-order valence-corrected chi connectivity index (χ3v) is 6.17. The van der Waals surface area contributed by atoms with E-state index in [1.807, 2.05) is 29.6 Å². The molecular formula is C21H18ClFN2O2S. The van der Waals surface area contributed by atoms with Crippen LogP contribution in [0.3, 0.4) is 0 Å². The van der Waals surface area contributed by atoms with E-state index in [0.717, 1.165) is 22.4 Å². The van der Waals surface area contributed by atoms with E-state index in [1.54, 1.807) is 12.0 Å². The Labute approximate surface area is 171 Å². The molecule has 1 aliphatic rings. The van der Waals surface area contributed by atoms with Gasteiger partial charge in [0.1, 0.15) is 11.6 Å². The fraction of sp³-hybridized carbons (Fsp3) is 0.190. The number of benzene rings is 2. The molecule has 4 rings (SSSR count). The molecule has 0 fully saturated rings. The van der Waals surface area contributed by atoms with Crippen molar-refractivity contribution < 1.29 is 13.9 Å². The van der Waals surface area contributed by atoms with Crippen LogP contribution < -0.4 is 10.5 Å². The van der Waals surface area contributed by atoms with E-state index in [-0.39, 0.29) is 12.3 Å². The Balaban J connectivity index is 1.81. The summed E-state index contributed by atoms with van der Waals surface area (Å²) in [5.41, 5.74) is 9.43. The summed E-state index contributed by atoms with van der Waals surface area (Å²) in [6, 6.07) is 11.2. The van der Waals surface area contributed by atoms with Crippen molar-refractivity contribution in [1.29, 1.82) is 0 Å². The molecular weight excluding hydrogens is 399 g/mol. The second-order valence-corrected chi connectivity index (χ2v) is 7.97. The third-order valence-electron chi connectivity index (χ3n) is 4.95. The fourth-order valence-electron chi connectivity index (χ4n) is 3.59. The molecule has 1 amide bonds. The molecule has 0 radical (unpaired) electrons. The SMILES string of the molecule is COc1ccc(CN2C(=O)Cc3csc(N)c3C2c2cc(F)ccc2Cl)cc1. The number of nitrogen functional groups attached to an aromatic ring is 1. The van der Waals surface area contributed by atoms with E-state index < -0.39 is 11.9 Å². The number of methoxy groups -OCH3 is 1.